The summed E-state index contributed by atoms with van der Waals surface area (Å²) < 4.78 is 5.87. The third kappa shape index (κ3) is 2.02. The Bertz CT molecular complexity index is 289. The highest BCUT2D eigenvalue weighted by Crippen LogP contribution is 2.27. The first kappa shape index (κ1) is 10.1. The first-order chi connectivity index (χ1) is 5.69. The molecule has 12 heavy (non-hydrogen) atoms. The molecule has 2 nitrogen and oxygen atoms in total. The Labute approximate surface area is 89.6 Å². The smallest absolute Gasteiger partial charge is 0.120 e. The Hall–Kier alpha value is -0.000000000000000139. The van der Waals surface area contributed by atoms with Gasteiger partial charge in [0.05, 0.1) is 18.7 Å². The molecule has 0 aliphatic carbocycles. The van der Waals surface area contributed by atoms with E-state index in [2.05, 4.69) is 22.6 Å². The topological polar surface area (TPSA) is 29.5 Å². The van der Waals surface area contributed by atoms with Crippen LogP contribution in [0.4, 0.5) is 0 Å². The van der Waals surface area contributed by atoms with Gasteiger partial charge in [0.2, 0.25) is 0 Å². The van der Waals surface area contributed by atoms with Crippen molar-refractivity contribution in [2.24, 2.45) is 0 Å². The van der Waals surface area contributed by atoms with Gasteiger partial charge in [-0.1, -0.05) is 11.6 Å². The SMILES string of the molecule is COc1cc(Cl)c(I)c(CO)c1. The van der Waals surface area contributed by atoms with E-state index in [-0.39, 0.29) is 6.61 Å². The zero-order chi connectivity index (χ0) is 9.14. The maximum atomic E-state index is 8.94. The average molecular weight is 299 g/mol. The minimum Gasteiger partial charge on any atom is -0.497 e. The first-order valence-electron chi connectivity index (χ1n) is 3.31. The third-order valence-electron chi connectivity index (χ3n) is 1.48. The van der Waals surface area contributed by atoms with Crippen LogP contribution in [0.15, 0.2) is 12.1 Å². The normalized spacial score (nSPS) is 10.0. The van der Waals surface area contributed by atoms with Crippen LogP contribution in [0.1, 0.15) is 5.56 Å². The lowest BCUT2D eigenvalue weighted by atomic mass is 10.2. The van der Waals surface area contributed by atoms with E-state index in [1.54, 1.807) is 19.2 Å². The minimum atomic E-state index is -0.0187. The van der Waals surface area contributed by atoms with E-state index in [1.165, 1.54) is 0 Å². The molecule has 0 aliphatic rings. The minimum absolute atomic E-state index is 0.0187. The number of hydrogen-bond donors (Lipinski definition) is 1. The van der Waals surface area contributed by atoms with Gasteiger partial charge in [0.15, 0.2) is 0 Å². The van der Waals surface area contributed by atoms with Crippen molar-refractivity contribution >= 4 is 34.2 Å². The molecule has 4 heteroatoms. The van der Waals surface area contributed by atoms with Crippen molar-refractivity contribution in [2.75, 3.05) is 7.11 Å². The van der Waals surface area contributed by atoms with Crippen LogP contribution >= 0.6 is 34.2 Å². The van der Waals surface area contributed by atoms with Crippen LogP contribution in [0.3, 0.4) is 0 Å². The number of hydrogen-bond acceptors (Lipinski definition) is 2. The van der Waals surface area contributed by atoms with E-state index >= 15 is 0 Å². The van der Waals surface area contributed by atoms with Crippen molar-refractivity contribution in [2.45, 2.75) is 6.61 Å². The maximum Gasteiger partial charge on any atom is 0.120 e. The Balaban J connectivity index is 3.19. The molecule has 1 aromatic carbocycles. The van der Waals surface area contributed by atoms with Crippen LogP contribution < -0.4 is 4.74 Å². The van der Waals surface area contributed by atoms with Gasteiger partial charge in [-0.05, 0) is 40.3 Å². The summed E-state index contributed by atoms with van der Waals surface area (Å²) >= 11 is 7.97. The molecular weight excluding hydrogens is 290 g/mol. The van der Waals surface area contributed by atoms with Crippen molar-refractivity contribution in [3.63, 3.8) is 0 Å². The molecule has 0 atom stereocenters. The fourth-order valence-corrected chi connectivity index (χ4v) is 1.56. The fraction of sp³-hybridized carbons (Fsp3) is 0.250. The first-order valence-corrected chi connectivity index (χ1v) is 4.77. The van der Waals surface area contributed by atoms with E-state index in [0.29, 0.717) is 10.8 Å². The van der Waals surface area contributed by atoms with E-state index in [4.69, 9.17) is 21.4 Å². The van der Waals surface area contributed by atoms with Gasteiger partial charge in [0.25, 0.3) is 0 Å². The summed E-state index contributed by atoms with van der Waals surface area (Å²) in [7, 11) is 1.57. The molecule has 0 bridgehead atoms. The van der Waals surface area contributed by atoms with Crippen LogP contribution in [0, 0.1) is 3.57 Å². The second-order valence-electron chi connectivity index (χ2n) is 2.24. The molecule has 1 N–H and O–H groups in total. The molecule has 1 aromatic rings. The summed E-state index contributed by atoms with van der Waals surface area (Å²) in [5.74, 6) is 0.671. The molecular formula is C8H8ClIO2. The van der Waals surface area contributed by atoms with E-state index in [1.807, 2.05) is 0 Å². The van der Waals surface area contributed by atoms with E-state index in [0.717, 1.165) is 9.13 Å². The molecule has 0 aliphatic heterocycles. The molecule has 0 saturated heterocycles. The summed E-state index contributed by atoms with van der Waals surface area (Å²) in [5.41, 5.74) is 0.792. The van der Waals surface area contributed by atoms with Gasteiger partial charge in [-0.15, -0.1) is 0 Å². The monoisotopic (exact) mass is 298 g/mol. The van der Waals surface area contributed by atoms with Crippen LogP contribution in [-0.4, -0.2) is 12.2 Å². The Morgan fingerprint density at radius 1 is 1.58 bits per heavy atom. The van der Waals surface area contributed by atoms with Gasteiger partial charge < -0.3 is 9.84 Å². The number of aliphatic hydroxyl groups excluding tert-OH is 1. The average Bonchev–Trinajstić information content (AvgIpc) is 2.09. The largest absolute Gasteiger partial charge is 0.497 e. The standard InChI is InChI=1S/C8H8ClIO2/c1-12-6-2-5(4-11)8(10)7(9)3-6/h2-3,11H,4H2,1H3. The molecule has 0 radical (unpaired) electrons. The van der Waals surface area contributed by atoms with Gasteiger partial charge in [-0.3, -0.25) is 0 Å². The second-order valence-corrected chi connectivity index (χ2v) is 3.73. The van der Waals surface area contributed by atoms with Crippen LogP contribution in [0.2, 0.25) is 5.02 Å². The highest BCUT2D eigenvalue weighted by atomic mass is 127. The number of methoxy groups -OCH3 is 1. The molecule has 0 heterocycles. The molecule has 0 aromatic heterocycles. The van der Waals surface area contributed by atoms with E-state index in [9.17, 15) is 0 Å². The fourth-order valence-electron chi connectivity index (χ4n) is 0.851. The number of benzene rings is 1. The third-order valence-corrected chi connectivity index (χ3v) is 3.37. The Morgan fingerprint density at radius 2 is 2.25 bits per heavy atom. The van der Waals surface area contributed by atoms with Crippen LogP contribution in [0.5, 0.6) is 5.75 Å². The number of rotatable bonds is 2. The van der Waals surface area contributed by atoms with Gasteiger partial charge in [-0.2, -0.15) is 0 Å². The lowest BCUT2D eigenvalue weighted by Crippen LogP contribution is -1.92. The highest BCUT2D eigenvalue weighted by molar-refractivity contribution is 14.1. The summed E-state index contributed by atoms with van der Waals surface area (Å²) in [6.45, 7) is -0.0187. The van der Waals surface area contributed by atoms with Crippen molar-refractivity contribution in [1.29, 1.82) is 0 Å². The van der Waals surface area contributed by atoms with Gasteiger partial charge in [0, 0.05) is 3.57 Å². The molecule has 0 amide bonds. The van der Waals surface area contributed by atoms with Crippen molar-refractivity contribution < 1.29 is 9.84 Å². The van der Waals surface area contributed by atoms with Crippen molar-refractivity contribution in [3.05, 3.63) is 26.3 Å². The van der Waals surface area contributed by atoms with Gasteiger partial charge in [0.1, 0.15) is 5.75 Å². The summed E-state index contributed by atoms with van der Waals surface area (Å²) in [4.78, 5) is 0. The lowest BCUT2D eigenvalue weighted by molar-refractivity contribution is 0.280. The zero-order valence-electron chi connectivity index (χ0n) is 6.47. The Morgan fingerprint density at radius 3 is 2.75 bits per heavy atom. The predicted molar refractivity (Wildman–Crippen MR) is 56.6 cm³/mol. The molecule has 1 rings (SSSR count). The zero-order valence-corrected chi connectivity index (χ0v) is 9.39. The van der Waals surface area contributed by atoms with Crippen molar-refractivity contribution in [3.8, 4) is 5.75 Å². The molecule has 0 fully saturated rings. The molecule has 0 unspecified atom stereocenters. The second kappa shape index (κ2) is 4.30. The van der Waals surface area contributed by atoms with E-state index < -0.39 is 0 Å². The maximum absolute atomic E-state index is 8.94. The van der Waals surface area contributed by atoms with Gasteiger partial charge >= 0.3 is 0 Å². The van der Waals surface area contributed by atoms with Crippen molar-refractivity contribution in [1.82, 2.24) is 0 Å². The molecule has 66 valence electrons. The summed E-state index contributed by atoms with van der Waals surface area (Å²) in [5, 5.41) is 9.55. The molecule has 0 spiro atoms. The number of aliphatic hydroxyl groups is 1. The lowest BCUT2D eigenvalue weighted by Gasteiger charge is -2.06. The summed E-state index contributed by atoms with van der Waals surface area (Å²) in [6, 6.07) is 3.50. The quantitative estimate of drug-likeness (QED) is 0.850. The number of halogens is 2. The van der Waals surface area contributed by atoms with Gasteiger partial charge in [-0.25, -0.2) is 0 Å². The summed E-state index contributed by atoms with van der Waals surface area (Å²) in [6.07, 6.45) is 0. The predicted octanol–water partition coefficient (Wildman–Crippen LogP) is 2.45. The molecule has 0 saturated carbocycles. The van der Waals surface area contributed by atoms with Crippen LogP contribution in [-0.2, 0) is 6.61 Å². The Kier molecular flexibility index (Phi) is 3.61. The van der Waals surface area contributed by atoms with Crippen LogP contribution in [0.25, 0.3) is 0 Å². The highest BCUT2D eigenvalue weighted by Gasteiger charge is 2.05. The number of ether oxygens (including phenoxy) is 1.